The van der Waals surface area contributed by atoms with Crippen molar-refractivity contribution in [1.29, 1.82) is 0 Å². The van der Waals surface area contributed by atoms with Crippen LogP contribution in [0.25, 0.3) is 0 Å². The maximum Gasteiger partial charge on any atom is 0.418 e. The molecule has 0 bridgehead atoms. The summed E-state index contributed by atoms with van der Waals surface area (Å²) in [4.78, 5) is 57.9. The molecule has 0 saturated carbocycles. The van der Waals surface area contributed by atoms with Crippen molar-refractivity contribution in [3.63, 3.8) is 0 Å². The highest BCUT2D eigenvalue weighted by atomic mass is 16.6. The van der Waals surface area contributed by atoms with Crippen LogP contribution in [0.3, 0.4) is 0 Å². The van der Waals surface area contributed by atoms with Crippen LogP contribution in [0.5, 0.6) is 0 Å². The van der Waals surface area contributed by atoms with E-state index in [0.717, 1.165) is 26.2 Å². The highest BCUT2D eigenvalue weighted by molar-refractivity contribution is 6.30. The third kappa shape index (κ3) is 11.0. The van der Waals surface area contributed by atoms with Gasteiger partial charge in [-0.2, -0.15) is 0 Å². The number of hydrogen-bond acceptors (Lipinski definition) is 8. The average molecular weight is 629 g/mol. The minimum atomic E-state index is -1.77. The highest BCUT2D eigenvalue weighted by Crippen LogP contribution is 2.31. The maximum atomic E-state index is 13.5. The molecule has 2 atom stereocenters. The van der Waals surface area contributed by atoms with Crippen LogP contribution in [0.2, 0.25) is 0 Å². The summed E-state index contributed by atoms with van der Waals surface area (Å²) in [5.41, 5.74) is -2.73. The largest absolute Gasteiger partial charge is 0.438 e. The molecule has 0 amide bonds. The second-order valence-corrected chi connectivity index (χ2v) is 11.1. The molecular weight excluding hydrogens is 580 g/mol. The van der Waals surface area contributed by atoms with Crippen molar-refractivity contribution < 1.29 is 28.7 Å². The number of esters is 2. The molecule has 0 aliphatic rings. The van der Waals surface area contributed by atoms with Crippen LogP contribution in [0, 0.1) is 23.7 Å². The zero-order chi connectivity index (χ0) is 34.0. The van der Waals surface area contributed by atoms with E-state index in [1.807, 2.05) is 0 Å². The van der Waals surface area contributed by atoms with E-state index in [0.29, 0.717) is 24.2 Å². The van der Waals surface area contributed by atoms with Crippen LogP contribution in [-0.4, -0.2) is 72.6 Å². The number of carbonyl (C=O) groups is 4. The van der Waals surface area contributed by atoms with Crippen LogP contribution < -0.4 is 0 Å². The maximum absolute atomic E-state index is 13.5. The molecule has 0 spiro atoms. The van der Waals surface area contributed by atoms with Crippen LogP contribution in [0.1, 0.15) is 78.4 Å². The van der Waals surface area contributed by atoms with E-state index in [1.165, 1.54) is 13.8 Å². The van der Waals surface area contributed by atoms with Gasteiger partial charge >= 0.3 is 11.9 Å². The van der Waals surface area contributed by atoms with E-state index in [1.54, 1.807) is 60.7 Å². The molecule has 2 aromatic rings. The summed E-state index contributed by atoms with van der Waals surface area (Å²) in [6, 6.07) is 17.0. The summed E-state index contributed by atoms with van der Waals surface area (Å²) >= 11 is 0. The fraction of sp³-hybridized carbons (Fsp3) is 0.474. The molecule has 2 rings (SSSR count). The molecule has 46 heavy (non-hydrogen) atoms. The van der Waals surface area contributed by atoms with Gasteiger partial charge in [-0.1, -0.05) is 100 Å². The zero-order valence-corrected chi connectivity index (χ0v) is 28.2. The van der Waals surface area contributed by atoms with Crippen molar-refractivity contribution in [2.24, 2.45) is 0 Å². The minimum Gasteiger partial charge on any atom is -0.438 e. The van der Waals surface area contributed by atoms with Gasteiger partial charge in [-0.15, -0.1) is 11.8 Å². The molecule has 2 unspecified atom stereocenters. The quantitative estimate of drug-likeness (QED) is 0.141. The molecule has 0 saturated heterocycles. The molecule has 0 radical (unpaired) electrons. The lowest BCUT2D eigenvalue weighted by Gasteiger charge is -2.31. The molecule has 246 valence electrons. The fourth-order valence-electron chi connectivity index (χ4n) is 4.76. The number of Topliss-reactive ketones (excluding diaryl/α,β-unsaturated/α-hetero) is 2. The average Bonchev–Trinajstić information content (AvgIpc) is 3.08. The number of hydrogen-bond donors (Lipinski definition) is 0. The second kappa shape index (κ2) is 19.3. The predicted molar refractivity (Wildman–Crippen MR) is 179 cm³/mol. The van der Waals surface area contributed by atoms with Crippen LogP contribution >= 0.6 is 0 Å². The van der Waals surface area contributed by atoms with Crippen molar-refractivity contribution in [1.82, 2.24) is 9.80 Å². The van der Waals surface area contributed by atoms with E-state index in [9.17, 15) is 19.2 Å². The molecule has 0 fully saturated rings. The van der Waals surface area contributed by atoms with Crippen molar-refractivity contribution in [3.05, 3.63) is 71.8 Å². The van der Waals surface area contributed by atoms with Crippen LogP contribution in [0.15, 0.2) is 60.7 Å². The topological polar surface area (TPSA) is 93.2 Å². The van der Waals surface area contributed by atoms with Gasteiger partial charge in [0, 0.05) is 36.8 Å². The van der Waals surface area contributed by atoms with Gasteiger partial charge in [-0.3, -0.25) is 19.4 Å². The number of rotatable bonds is 16. The summed E-state index contributed by atoms with van der Waals surface area (Å²) in [6.07, 6.45) is 0.550. The lowest BCUT2D eigenvalue weighted by atomic mass is 9.88. The first-order chi connectivity index (χ1) is 22.0. The SMILES string of the molecule is CCN(CC)CC#CCCC(=O)C(C)(OC(=O)C(=O)OC(C)(C(=O)CCC#CCN(CC)CC)c1ccccc1)c1ccccc1. The Kier molecular flexibility index (Phi) is 15.9. The lowest BCUT2D eigenvalue weighted by Crippen LogP contribution is -2.44. The Bertz CT molecular complexity index is 1300. The van der Waals surface area contributed by atoms with Crippen LogP contribution in [-0.2, 0) is 39.9 Å². The molecule has 0 aliphatic heterocycles. The van der Waals surface area contributed by atoms with E-state index in [4.69, 9.17) is 9.47 Å². The Balaban J connectivity index is 2.23. The van der Waals surface area contributed by atoms with Crippen molar-refractivity contribution in [2.45, 2.75) is 78.4 Å². The highest BCUT2D eigenvalue weighted by Gasteiger charge is 2.44. The molecule has 0 aromatic heterocycles. The predicted octanol–water partition coefficient (Wildman–Crippen LogP) is 5.29. The smallest absolute Gasteiger partial charge is 0.418 e. The Morgan fingerprint density at radius 1 is 0.565 bits per heavy atom. The number of nitrogens with zero attached hydrogens (tertiary/aromatic N) is 2. The molecule has 2 aromatic carbocycles. The third-order valence-corrected chi connectivity index (χ3v) is 8.07. The Morgan fingerprint density at radius 2 is 0.891 bits per heavy atom. The first-order valence-electron chi connectivity index (χ1n) is 16.1. The Morgan fingerprint density at radius 3 is 1.20 bits per heavy atom. The Labute approximate surface area is 274 Å². The van der Waals surface area contributed by atoms with Gasteiger partial charge in [0.2, 0.25) is 0 Å². The minimum absolute atomic E-state index is 0.00843. The first-order valence-corrected chi connectivity index (χ1v) is 16.1. The van der Waals surface area contributed by atoms with Gasteiger partial charge in [-0.25, -0.2) is 9.59 Å². The van der Waals surface area contributed by atoms with E-state index in [2.05, 4.69) is 61.2 Å². The monoisotopic (exact) mass is 628 g/mol. The summed E-state index contributed by atoms with van der Waals surface area (Å²) < 4.78 is 11.3. The molecule has 8 heteroatoms. The van der Waals surface area contributed by atoms with Crippen molar-refractivity contribution >= 4 is 23.5 Å². The summed E-state index contributed by atoms with van der Waals surface area (Å²) in [7, 11) is 0. The van der Waals surface area contributed by atoms with Crippen molar-refractivity contribution in [2.75, 3.05) is 39.3 Å². The summed E-state index contributed by atoms with van der Waals surface area (Å²) in [5.74, 6) is 8.61. The third-order valence-electron chi connectivity index (χ3n) is 8.07. The van der Waals surface area contributed by atoms with E-state index in [-0.39, 0.29) is 25.7 Å². The first kappa shape index (κ1) is 37.9. The van der Waals surface area contributed by atoms with E-state index < -0.39 is 34.7 Å². The number of benzene rings is 2. The van der Waals surface area contributed by atoms with Gasteiger partial charge in [0.05, 0.1) is 13.1 Å². The van der Waals surface area contributed by atoms with Gasteiger partial charge < -0.3 is 9.47 Å². The number of ether oxygens (including phenoxy) is 2. The molecule has 0 N–H and O–H groups in total. The number of carbonyl (C=O) groups excluding carboxylic acids is 4. The van der Waals surface area contributed by atoms with E-state index >= 15 is 0 Å². The molecular formula is C38H48N2O6. The fourth-order valence-corrected chi connectivity index (χ4v) is 4.76. The van der Waals surface area contributed by atoms with Crippen LogP contribution in [0.4, 0.5) is 0 Å². The van der Waals surface area contributed by atoms with Gasteiger partial charge in [-0.05, 0) is 40.0 Å². The molecule has 8 nitrogen and oxygen atoms in total. The van der Waals surface area contributed by atoms with Gasteiger partial charge in [0.1, 0.15) is 0 Å². The zero-order valence-electron chi connectivity index (χ0n) is 28.2. The standard InChI is InChI=1S/C38H48N2O6/c1-7-39(8-2)29-21-13-19-27-33(41)37(5,31-23-15-11-16-24-31)45-35(43)36(44)46-38(6,32-25-17-12-18-26-32)34(42)28-20-14-22-30-40(9-3)10-4/h11-12,15-18,23-26H,7-10,19-20,27-30H2,1-6H3. The summed E-state index contributed by atoms with van der Waals surface area (Å²) in [5, 5.41) is 0. The normalized spacial score (nSPS) is 13.3. The lowest BCUT2D eigenvalue weighted by molar-refractivity contribution is -0.188. The Hall–Kier alpha value is -4.24. The molecule has 0 aliphatic carbocycles. The molecule has 0 heterocycles. The number of ketones is 2. The van der Waals surface area contributed by atoms with Gasteiger partial charge in [0.15, 0.2) is 22.8 Å². The van der Waals surface area contributed by atoms with Crippen molar-refractivity contribution in [3.8, 4) is 23.7 Å². The summed E-state index contributed by atoms with van der Waals surface area (Å²) in [6.45, 7) is 15.8. The van der Waals surface area contributed by atoms with Gasteiger partial charge in [0.25, 0.3) is 0 Å². The second-order valence-electron chi connectivity index (χ2n) is 11.1.